The summed E-state index contributed by atoms with van der Waals surface area (Å²) in [6.45, 7) is 9.78. The number of carbonyl (C=O) groups excluding carboxylic acids is 1. The summed E-state index contributed by atoms with van der Waals surface area (Å²) in [5, 5.41) is 9.31. The van der Waals surface area contributed by atoms with Crippen LogP contribution < -0.4 is 0 Å². The van der Waals surface area contributed by atoms with Crippen LogP contribution in [0.25, 0.3) is 0 Å². The van der Waals surface area contributed by atoms with E-state index in [1.165, 1.54) is 6.07 Å². The average Bonchev–Trinajstić information content (AvgIpc) is 2.44. The smallest absolute Gasteiger partial charge is 0.339 e. The van der Waals surface area contributed by atoms with Gasteiger partial charge in [0.1, 0.15) is 6.10 Å². The second-order valence-corrected chi connectivity index (χ2v) is 6.12. The Labute approximate surface area is 132 Å². The van der Waals surface area contributed by atoms with Gasteiger partial charge >= 0.3 is 11.9 Å². The number of benzene rings is 1. The van der Waals surface area contributed by atoms with Crippen LogP contribution in [0.2, 0.25) is 0 Å². The fourth-order valence-corrected chi connectivity index (χ4v) is 2.30. The SMILES string of the molecule is CCCCC(OC(=O)c1cc(C)c(C)cc1C(=O)O)C(C)C. The van der Waals surface area contributed by atoms with Gasteiger partial charge in [-0.05, 0) is 49.4 Å². The van der Waals surface area contributed by atoms with Crippen LogP contribution in [-0.4, -0.2) is 23.1 Å². The topological polar surface area (TPSA) is 63.6 Å². The van der Waals surface area contributed by atoms with Crippen molar-refractivity contribution in [3.8, 4) is 0 Å². The monoisotopic (exact) mass is 306 g/mol. The Bertz CT molecular complexity index is 546. The lowest BCUT2D eigenvalue weighted by Crippen LogP contribution is -2.25. The molecule has 0 amide bonds. The summed E-state index contributed by atoms with van der Waals surface area (Å²) in [4.78, 5) is 23.8. The first-order valence-electron chi connectivity index (χ1n) is 7.83. The van der Waals surface area contributed by atoms with Crippen molar-refractivity contribution < 1.29 is 19.4 Å². The number of carbonyl (C=O) groups is 2. The Morgan fingerprint density at radius 2 is 1.68 bits per heavy atom. The first kappa shape index (κ1) is 18.2. The van der Waals surface area contributed by atoms with E-state index in [-0.39, 0.29) is 23.1 Å². The largest absolute Gasteiger partial charge is 0.478 e. The highest BCUT2D eigenvalue weighted by molar-refractivity contribution is 6.02. The highest BCUT2D eigenvalue weighted by atomic mass is 16.5. The number of ether oxygens (including phenoxy) is 1. The van der Waals surface area contributed by atoms with Crippen LogP contribution in [0.1, 0.15) is 71.9 Å². The van der Waals surface area contributed by atoms with Gasteiger partial charge in [-0.25, -0.2) is 9.59 Å². The minimum absolute atomic E-state index is 0.00565. The molecule has 22 heavy (non-hydrogen) atoms. The normalized spacial score (nSPS) is 12.3. The summed E-state index contributed by atoms with van der Waals surface area (Å²) in [6, 6.07) is 3.14. The molecule has 0 heterocycles. The third-order valence-electron chi connectivity index (χ3n) is 3.93. The number of aromatic carboxylic acids is 1. The van der Waals surface area contributed by atoms with E-state index < -0.39 is 11.9 Å². The van der Waals surface area contributed by atoms with Gasteiger partial charge in [-0.3, -0.25) is 0 Å². The van der Waals surface area contributed by atoms with Crippen molar-refractivity contribution in [3.05, 3.63) is 34.4 Å². The minimum atomic E-state index is -1.11. The molecule has 1 rings (SSSR count). The van der Waals surface area contributed by atoms with Crippen LogP contribution in [0.15, 0.2) is 12.1 Å². The van der Waals surface area contributed by atoms with Gasteiger partial charge in [0.15, 0.2) is 0 Å². The van der Waals surface area contributed by atoms with Gasteiger partial charge in [0, 0.05) is 0 Å². The third kappa shape index (κ3) is 4.58. The van der Waals surface area contributed by atoms with Crippen molar-refractivity contribution in [2.24, 2.45) is 5.92 Å². The molecule has 4 nitrogen and oxygen atoms in total. The number of esters is 1. The van der Waals surface area contributed by atoms with Crippen molar-refractivity contribution in [1.82, 2.24) is 0 Å². The maximum atomic E-state index is 12.4. The molecule has 4 heteroatoms. The van der Waals surface area contributed by atoms with E-state index in [1.54, 1.807) is 6.07 Å². The van der Waals surface area contributed by atoms with Crippen molar-refractivity contribution in [2.75, 3.05) is 0 Å². The molecule has 1 aromatic carbocycles. The van der Waals surface area contributed by atoms with Crippen molar-refractivity contribution in [1.29, 1.82) is 0 Å². The fraction of sp³-hybridized carbons (Fsp3) is 0.556. The van der Waals surface area contributed by atoms with Crippen LogP contribution in [-0.2, 0) is 4.74 Å². The number of unbranched alkanes of at least 4 members (excludes halogenated alkanes) is 1. The standard InChI is InChI=1S/C18H26O4/c1-6-7-8-16(11(2)3)22-18(21)15-10-13(5)12(4)9-14(15)17(19)20/h9-11,16H,6-8H2,1-5H3,(H,19,20). The number of hydrogen-bond donors (Lipinski definition) is 1. The minimum Gasteiger partial charge on any atom is -0.478 e. The first-order valence-corrected chi connectivity index (χ1v) is 7.83. The third-order valence-corrected chi connectivity index (χ3v) is 3.93. The predicted molar refractivity (Wildman–Crippen MR) is 86.4 cm³/mol. The average molecular weight is 306 g/mol. The summed E-state index contributed by atoms with van der Waals surface area (Å²) in [5.41, 5.74) is 1.87. The summed E-state index contributed by atoms with van der Waals surface area (Å²) in [5.74, 6) is -1.45. The van der Waals surface area contributed by atoms with Gasteiger partial charge in [0.25, 0.3) is 0 Å². The highest BCUT2D eigenvalue weighted by Crippen LogP contribution is 2.21. The molecule has 0 spiro atoms. The number of carboxylic acid groups (broad SMARTS) is 1. The second kappa shape index (κ2) is 7.97. The second-order valence-electron chi connectivity index (χ2n) is 6.12. The molecule has 0 aromatic heterocycles. The Kier molecular flexibility index (Phi) is 6.60. The van der Waals surface area contributed by atoms with Crippen molar-refractivity contribution in [3.63, 3.8) is 0 Å². The quantitative estimate of drug-likeness (QED) is 0.760. The van der Waals surface area contributed by atoms with Crippen molar-refractivity contribution in [2.45, 2.75) is 60.0 Å². The summed E-state index contributed by atoms with van der Waals surface area (Å²) < 4.78 is 5.58. The molecule has 1 aromatic rings. The van der Waals surface area contributed by atoms with E-state index in [0.717, 1.165) is 30.4 Å². The van der Waals surface area contributed by atoms with Gasteiger partial charge in [0.2, 0.25) is 0 Å². The molecule has 0 radical (unpaired) electrons. The van der Waals surface area contributed by atoms with E-state index >= 15 is 0 Å². The van der Waals surface area contributed by atoms with Crippen LogP contribution >= 0.6 is 0 Å². The van der Waals surface area contributed by atoms with E-state index in [1.807, 2.05) is 27.7 Å². The Hall–Kier alpha value is -1.84. The van der Waals surface area contributed by atoms with Crippen LogP contribution in [0.4, 0.5) is 0 Å². The zero-order valence-electron chi connectivity index (χ0n) is 14.1. The number of hydrogen-bond acceptors (Lipinski definition) is 3. The van der Waals surface area contributed by atoms with E-state index in [2.05, 4.69) is 6.92 Å². The summed E-state index contributed by atoms with van der Waals surface area (Å²) in [7, 11) is 0. The van der Waals surface area contributed by atoms with Gasteiger partial charge in [-0.1, -0.05) is 33.6 Å². The Balaban J connectivity index is 3.06. The molecular weight excluding hydrogens is 280 g/mol. The van der Waals surface area contributed by atoms with E-state index in [0.29, 0.717) is 0 Å². The molecule has 0 saturated heterocycles. The van der Waals surface area contributed by atoms with E-state index in [4.69, 9.17) is 4.74 Å². The molecule has 0 aliphatic rings. The van der Waals surface area contributed by atoms with Gasteiger partial charge in [-0.15, -0.1) is 0 Å². The molecule has 0 aliphatic carbocycles. The van der Waals surface area contributed by atoms with Gasteiger partial charge < -0.3 is 9.84 Å². The lowest BCUT2D eigenvalue weighted by atomic mass is 9.99. The number of rotatable bonds is 7. The Morgan fingerprint density at radius 3 is 2.14 bits per heavy atom. The van der Waals surface area contributed by atoms with Crippen LogP contribution in [0, 0.1) is 19.8 Å². The first-order chi connectivity index (χ1) is 10.3. The fourth-order valence-electron chi connectivity index (χ4n) is 2.30. The lowest BCUT2D eigenvalue weighted by molar-refractivity contribution is 0.0149. The molecule has 1 unspecified atom stereocenters. The van der Waals surface area contributed by atoms with Crippen LogP contribution in [0.3, 0.4) is 0 Å². The van der Waals surface area contributed by atoms with Crippen LogP contribution in [0.5, 0.6) is 0 Å². The molecule has 0 aliphatic heterocycles. The molecule has 122 valence electrons. The Morgan fingerprint density at radius 1 is 1.14 bits per heavy atom. The highest BCUT2D eigenvalue weighted by Gasteiger charge is 2.23. The van der Waals surface area contributed by atoms with Crippen molar-refractivity contribution >= 4 is 11.9 Å². The molecule has 1 N–H and O–H groups in total. The van der Waals surface area contributed by atoms with Gasteiger partial charge in [-0.2, -0.15) is 0 Å². The summed E-state index contributed by atoms with van der Waals surface area (Å²) in [6.07, 6.45) is 2.63. The number of carboxylic acids is 1. The lowest BCUT2D eigenvalue weighted by Gasteiger charge is -2.22. The molecule has 0 fully saturated rings. The molecule has 0 saturated carbocycles. The van der Waals surface area contributed by atoms with E-state index in [9.17, 15) is 14.7 Å². The maximum absolute atomic E-state index is 12.4. The zero-order chi connectivity index (χ0) is 16.9. The number of aryl methyl sites for hydroxylation is 2. The maximum Gasteiger partial charge on any atom is 0.339 e. The molecule has 0 bridgehead atoms. The molecular formula is C18H26O4. The van der Waals surface area contributed by atoms with Gasteiger partial charge in [0.05, 0.1) is 11.1 Å². The summed E-state index contributed by atoms with van der Waals surface area (Å²) >= 11 is 0. The molecule has 1 atom stereocenters. The zero-order valence-corrected chi connectivity index (χ0v) is 14.1. The predicted octanol–water partition coefficient (Wildman–Crippen LogP) is 4.37.